The number of rotatable bonds is 46. The number of phosphoric ester groups is 2. The Morgan fingerprint density at radius 3 is 1.17 bits per heavy atom. The van der Waals surface area contributed by atoms with Gasteiger partial charge in [0, 0.05) is 12.8 Å². The van der Waals surface area contributed by atoms with E-state index in [0.717, 1.165) is 83.5 Å². The van der Waals surface area contributed by atoms with E-state index in [1.807, 2.05) is 24.3 Å². The fourth-order valence-corrected chi connectivity index (χ4v) is 7.52. The number of ether oxygens (including phenoxy) is 2. The Labute approximate surface area is 396 Å². The standard InChI is InChI=1S/C49H86O15P2/c1-3-5-7-9-11-13-15-17-18-19-20-21-22-23-24-26-28-30-32-34-36-38-49(54)60-40-46(51)42-62-66(57,58)64-44-47(52)43-63-65(55,56)61-41-45(50)39-59-48(53)37-35-33-31-29-27-25-16-14-12-10-8-6-4-2/h6,8,10-14,16-18,20-21,45-47,50-52H,3-5,7,9,15,19,22-44H2,1-2H3,(H,55,56)(H,57,58)/b8-6+,12-10+,13-11-,16-14-,18-17-,21-20-. The Morgan fingerprint density at radius 1 is 0.424 bits per heavy atom. The van der Waals surface area contributed by atoms with Gasteiger partial charge in [-0.1, -0.05) is 157 Å². The highest BCUT2D eigenvalue weighted by molar-refractivity contribution is 7.47. The van der Waals surface area contributed by atoms with Crippen molar-refractivity contribution in [2.45, 2.75) is 186 Å². The van der Waals surface area contributed by atoms with Crippen LogP contribution < -0.4 is 0 Å². The summed E-state index contributed by atoms with van der Waals surface area (Å²) in [4.78, 5) is 43.7. The Hall–Kier alpha value is -2.52. The molecule has 0 aromatic carbocycles. The topological polar surface area (TPSA) is 225 Å². The number of carbonyl (C=O) groups is 2. The fraction of sp³-hybridized carbons (Fsp3) is 0.714. The van der Waals surface area contributed by atoms with Crippen molar-refractivity contribution in [3.05, 3.63) is 72.9 Å². The lowest BCUT2D eigenvalue weighted by Crippen LogP contribution is -2.25. The predicted octanol–water partition coefficient (Wildman–Crippen LogP) is 11.2. The van der Waals surface area contributed by atoms with E-state index in [0.29, 0.717) is 12.8 Å². The Bertz CT molecular complexity index is 1460. The van der Waals surface area contributed by atoms with Gasteiger partial charge in [0.1, 0.15) is 31.5 Å². The van der Waals surface area contributed by atoms with E-state index in [2.05, 4.69) is 80.6 Å². The number of hydrogen-bond acceptors (Lipinski definition) is 13. The van der Waals surface area contributed by atoms with Crippen LogP contribution in [0, 0.1) is 0 Å². The largest absolute Gasteiger partial charge is 0.472 e. The second-order valence-electron chi connectivity index (χ2n) is 16.2. The van der Waals surface area contributed by atoms with Crippen LogP contribution in [0.1, 0.15) is 168 Å². The number of allylic oxidation sites excluding steroid dienone is 12. The van der Waals surface area contributed by atoms with Crippen molar-refractivity contribution in [2.75, 3.05) is 39.6 Å². The molecule has 0 saturated carbocycles. The molecule has 15 nitrogen and oxygen atoms in total. The molecule has 0 bridgehead atoms. The van der Waals surface area contributed by atoms with Crippen LogP contribution in [0.4, 0.5) is 0 Å². The maximum absolute atomic E-state index is 12.2. The van der Waals surface area contributed by atoms with Gasteiger partial charge < -0.3 is 34.6 Å². The van der Waals surface area contributed by atoms with Crippen LogP contribution in [-0.4, -0.2) is 95.0 Å². The summed E-state index contributed by atoms with van der Waals surface area (Å²) in [6.45, 7) is 0.211. The molecule has 0 aliphatic rings. The van der Waals surface area contributed by atoms with E-state index in [1.54, 1.807) is 0 Å². The van der Waals surface area contributed by atoms with Crippen molar-refractivity contribution in [2.24, 2.45) is 0 Å². The number of esters is 2. The number of unbranched alkanes of at least 4 members (excludes halogenated alkanes) is 16. The van der Waals surface area contributed by atoms with Crippen molar-refractivity contribution in [1.82, 2.24) is 0 Å². The smallest absolute Gasteiger partial charge is 0.463 e. The van der Waals surface area contributed by atoms with Crippen molar-refractivity contribution in [1.29, 1.82) is 0 Å². The van der Waals surface area contributed by atoms with Crippen LogP contribution in [0.5, 0.6) is 0 Å². The molecular weight excluding hydrogens is 890 g/mol. The number of aliphatic hydroxyl groups is 3. The molecule has 0 rings (SSSR count). The van der Waals surface area contributed by atoms with Gasteiger partial charge in [0.2, 0.25) is 0 Å². The Kier molecular flexibility index (Phi) is 43.2. The van der Waals surface area contributed by atoms with Crippen LogP contribution >= 0.6 is 15.6 Å². The molecule has 5 N–H and O–H groups in total. The lowest BCUT2D eigenvalue weighted by Gasteiger charge is -2.19. The zero-order valence-corrected chi connectivity index (χ0v) is 41.9. The monoisotopic (exact) mass is 977 g/mol. The van der Waals surface area contributed by atoms with E-state index in [-0.39, 0.29) is 12.8 Å². The highest BCUT2D eigenvalue weighted by Gasteiger charge is 2.28. The third kappa shape index (κ3) is 46.6. The molecule has 17 heteroatoms. The van der Waals surface area contributed by atoms with Gasteiger partial charge in [-0.05, 0) is 70.6 Å². The minimum atomic E-state index is -4.79. The van der Waals surface area contributed by atoms with Crippen LogP contribution in [0.25, 0.3) is 0 Å². The van der Waals surface area contributed by atoms with Gasteiger partial charge in [0.05, 0.1) is 26.4 Å². The van der Waals surface area contributed by atoms with Gasteiger partial charge in [0.15, 0.2) is 0 Å². The second-order valence-corrected chi connectivity index (χ2v) is 19.1. The second kappa shape index (κ2) is 45.0. The zero-order valence-electron chi connectivity index (χ0n) is 40.1. The van der Waals surface area contributed by atoms with Crippen molar-refractivity contribution in [3.63, 3.8) is 0 Å². The van der Waals surface area contributed by atoms with Gasteiger partial charge in [-0.25, -0.2) is 9.13 Å². The van der Waals surface area contributed by atoms with Gasteiger partial charge in [-0.2, -0.15) is 0 Å². The SMILES string of the molecule is CC/C=C/C=C/C=C\CCCCCCCC(=O)OCC(O)COP(=O)(O)OCC(O)COP(=O)(O)OCC(O)COC(=O)CCCCCCCCCC/C=C\C/C=C\C/C=C\CCCCC. The van der Waals surface area contributed by atoms with Crippen molar-refractivity contribution in [3.8, 4) is 0 Å². The third-order valence-electron chi connectivity index (χ3n) is 9.71. The first-order chi connectivity index (χ1) is 31.8. The maximum Gasteiger partial charge on any atom is 0.472 e. The van der Waals surface area contributed by atoms with Crippen LogP contribution in [0.3, 0.4) is 0 Å². The quantitative estimate of drug-likeness (QED) is 0.0126. The minimum absolute atomic E-state index is 0.171. The maximum atomic E-state index is 12.2. The molecule has 0 heterocycles. The van der Waals surface area contributed by atoms with Crippen LogP contribution in [0.15, 0.2) is 72.9 Å². The van der Waals surface area contributed by atoms with E-state index in [4.69, 9.17) is 9.47 Å². The summed E-state index contributed by atoms with van der Waals surface area (Å²) >= 11 is 0. The number of carbonyl (C=O) groups excluding carboxylic acids is 2. The molecule has 0 saturated heterocycles. The molecule has 0 radical (unpaired) electrons. The van der Waals surface area contributed by atoms with E-state index >= 15 is 0 Å². The van der Waals surface area contributed by atoms with Gasteiger partial charge in [-0.3, -0.25) is 27.7 Å². The molecule has 66 heavy (non-hydrogen) atoms. The first-order valence-corrected chi connectivity index (χ1v) is 27.3. The van der Waals surface area contributed by atoms with E-state index < -0.39 is 85.5 Å². The van der Waals surface area contributed by atoms with E-state index in [9.17, 15) is 43.8 Å². The molecular formula is C49H86O15P2. The minimum Gasteiger partial charge on any atom is -0.463 e. The molecule has 0 aromatic rings. The molecule has 382 valence electrons. The Morgan fingerprint density at radius 2 is 0.758 bits per heavy atom. The molecule has 5 unspecified atom stereocenters. The van der Waals surface area contributed by atoms with E-state index in [1.165, 1.54) is 44.9 Å². The third-order valence-corrected chi connectivity index (χ3v) is 11.6. The summed E-state index contributed by atoms with van der Waals surface area (Å²) in [6, 6.07) is 0. The van der Waals surface area contributed by atoms with Gasteiger partial charge in [-0.15, -0.1) is 0 Å². The van der Waals surface area contributed by atoms with Gasteiger partial charge in [0.25, 0.3) is 0 Å². The number of hydrogen-bond donors (Lipinski definition) is 5. The molecule has 0 fully saturated rings. The summed E-state index contributed by atoms with van der Waals surface area (Å²) < 4.78 is 53.0. The summed E-state index contributed by atoms with van der Waals surface area (Å²) in [5, 5.41) is 30.0. The number of aliphatic hydroxyl groups excluding tert-OH is 3. The molecule has 0 amide bonds. The average Bonchev–Trinajstić information content (AvgIpc) is 3.29. The fourth-order valence-electron chi connectivity index (χ4n) is 5.92. The Balaban J connectivity index is 3.90. The van der Waals surface area contributed by atoms with Crippen LogP contribution in [-0.2, 0) is 46.3 Å². The van der Waals surface area contributed by atoms with Crippen LogP contribution in [0.2, 0.25) is 0 Å². The molecule has 0 aliphatic carbocycles. The van der Waals surface area contributed by atoms with Crippen molar-refractivity contribution < 1.29 is 71.4 Å². The van der Waals surface area contributed by atoms with Crippen molar-refractivity contribution >= 4 is 27.6 Å². The predicted molar refractivity (Wildman–Crippen MR) is 260 cm³/mol. The normalized spacial score (nSPS) is 15.7. The molecule has 0 aliphatic heterocycles. The lowest BCUT2D eigenvalue weighted by molar-refractivity contribution is -0.148. The highest BCUT2D eigenvalue weighted by atomic mass is 31.2. The highest BCUT2D eigenvalue weighted by Crippen LogP contribution is 2.45. The summed E-state index contributed by atoms with van der Waals surface area (Å²) in [6.07, 6.45) is 44.6. The summed E-state index contributed by atoms with van der Waals surface area (Å²) in [5.74, 6) is -1.03. The molecule has 0 aromatic heterocycles. The van der Waals surface area contributed by atoms with Gasteiger partial charge >= 0.3 is 27.6 Å². The first-order valence-electron chi connectivity index (χ1n) is 24.3. The molecule has 5 atom stereocenters. The first kappa shape index (κ1) is 63.5. The summed E-state index contributed by atoms with van der Waals surface area (Å²) in [7, 11) is -9.58. The molecule has 0 spiro atoms. The zero-order chi connectivity index (χ0) is 48.8. The summed E-state index contributed by atoms with van der Waals surface area (Å²) in [5.41, 5.74) is 0. The average molecular weight is 977 g/mol. The number of phosphoric acid groups is 2. The lowest BCUT2D eigenvalue weighted by atomic mass is 10.1.